The number of aliphatic hydroxyl groups excluding tert-OH is 1. The molecule has 0 bridgehead atoms. The number of hydrogen-bond acceptors (Lipinski definition) is 14. The summed E-state index contributed by atoms with van der Waals surface area (Å²) in [5.41, 5.74) is 6.70. The third kappa shape index (κ3) is 6.46. The monoisotopic (exact) mass is 706 g/mol. The molecule has 3 heterocycles. The van der Waals surface area contributed by atoms with Crippen LogP contribution in [0.1, 0.15) is 30.6 Å². The lowest BCUT2D eigenvalue weighted by Crippen LogP contribution is -2.40. The first kappa shape index (κ1) is 30.9. The highest BCUT2D eigenvalue weighted by atomic mass is 79.9. The predicted octanol–water partition coefficient (Wildman–Crippen LogP) is 1.01. The van der Waals surface area contributed by atoms with E-state index in [-0.39, 0.29) is 11.6 Å². The van der Waals surface area contributed by atoms with Crippen molar-refractivity contribution in [1.82, 2.24) is 24.3 Å². The highest BCUT2D eigenvalue weighted by Gasteiger charge is 2.47. The molecule has 1 saturated heterocycles. The molecular formula is C26H24BrN6O9PS-2. The van der Waals surface area contributed by atoms with E-state index in [1.54, 1.807) is 4.57 Å². The van der Waals surface area contributed by atoms with E-state index in [9.17, 15) is 29.0 Å². The normalized spacial score (nSPS) is 22.0. The number of halogens is 1. The van der Waals surface area contributed by atoms with Crippen LogP contribution >= 0.6 is 35.5 Å². The molecule has 4 atom stereocenters. The van der Waals surface area contributed by atoms with Gasteiger partial charge in [-0.3, -0.25) is 13.9 Å². The number of carbonyl (C=O) groups is 1. The van der Waals surface area contributed by atoms with Crippen LogP contribution in [-0.4, -0.2) is 66.1 Å². The van der Waals surface area contributed by atoms with E-state index in [4.69, 9.17) is 15.2 Å². The third-order valence-electron chi connectivity index (χ3n) is 7.20. The van der Waals surface area contributed by atoms with Crippen LogP contribution in [0.4, 0.5) is 5.82 Å². The summed E-state index contributed by atoms with van der Waals surface area (Å²) in [6, 6.07) is 13.4. The number of phosphoric acid groups is 1. The summed E-state index contributed by atoms with van der Waals surface area (Å²) >= 11 is 4.50. The molecule has 15 nitrogen and oxygen atoms in total. The van der Waals surface area contributed by atoms with Crippen LogP contribution in [0.15, 0.2) is 63.3 Å². The van der Waals surface area contributed by atoms with E-state index in [1.165, 1.54) is 17.8 Å². The molecular weight excluding hydrogens is 683 g/mol. The average molecular weight is 707 g/mol. The van der Waals surface area contributed by atoms with E-state index in [0.29, 0.717) is 15.8 Å². The van der Waals surface area contributed by atoms with E-state index < -0.39 is 50.6 Å². The molecule has 6 rings (SSSR count). The number of benzene rings is 2. The maximum absolute atomic E-state index is 12.8. The number of aliphatic hydroxyl groups is 1. The molecule has 2 aromatic carbocycles. The van der Waals surface area contributed by atoms with Gasteiger partial charge in [0.15, 0.2) is 11.4 Å². The van der Waals surface area contributed by atoms with Gasteiger partial charge in [-0.1, -0.05) is 42.1 Å². The summed E-state index contributed by atoms with van der Waals surface area (Å²) in [6.07, 6.45) is -3.00. The van der Waals surface area contributed by atoms with Crippen molar-refractivity contribution in [3.05, 3.63) is 69.4 Å². The summed E-state index contributed by atoms with van der Waals surface area (Å²) < 4.78 is 29.8. The second-order valence-corrected chi connectivity index (χ2v) is 12.9. The summed E-state index contributed by atoms with van der Waals surface area (Å²) in [5, 5.41) is 21.5. The Morgan fingerprint density at radius 3 is 2.64 bits per heavy atom. The number of rotatable bonds is 10. The van der Waals surface area contributed by atoms with Crippen molar-refractivity contribution >= 4 is 58.1 Å². The smallest absolute Gasteiger partial charge is 0.351 e. The molecule has 3 N–H and O–H groups in total. The predicted molar refractivity (Wildman–Crippen MR) is 156 cm³/mol. The van der Waals surface area contributed by atoms with Crippen LogP contribution in [0.25, 0.3) is 16.5 Å². The van der Waals surface area contributed by atoms with Crippen LogP contribution in [0.2, 0.25) is 0 Å². The number of carbonyl (C=O) groups excluding carboxylic acids is 1. The molecule has 1 aliphatic carbocycles. The van der Waals surface area contributed by atoms with Crippen LogP contribution in [0, 0.1) is 0 Å². The van der Waals surface area contributed by atoms with Crippen molar-refractivity contribution in [2.24, 2.45) is 0 Å². The van der Waals surface area contributed by atoms with Gasteiger partial charge < -0.3 is 39.2 Å². The van der Waals surface area contributed by atoms with Crippen molar-refractivity contribution in [2.45, 2.75) is 48.5 Å². The van der Waals surface area contributed by atoms with Crippen LogP contribution in [0.5, 0.6) is 0 Å². The molecule has 232 valence electrons. The summed E-state index contributed by atoms with van der Waals surface area (Å²) in [7, 11) is -5.61. The number of thioether (sulfide) groups is 1. The van der Waals surface area contributed by atoms with E-state index >= 15 is 0 Å². The number of nitrogens with two attached hydrogens (primary N) is 1. The molecule has 0 spiro atoms. The van der Waals surface area contributed by atoms with Gasteiger partial charge in [-0.05, 0) is 57.8 Å². The quantitative estimate of drug-likeness (QED) is 0.134. The summed E-state index contributed by atoms with van der Waals surface area (Å²) in [6.45, 7) is -0.599. The topological polar surface area (TPSA) is 220 Å². The standard InChI is InChI=1S/C26H26BrN6O9PS/c27-24-30-31-26(33(24)17-8-7-14(13-5-6-13)15-3-1-2-4-16(15)17)44-12-20(34)40-11-18-22(42-43(37,38)39)21(35)23(41-18)32-10-9-19(28)29-25(32)36/h1-4,7-10,13,18,21-23,35H,5-6,11-12H2,(H2,28,29,36)(H2,37,38,39)/p-2/t18-,21+,22?,23-/m1/s1. The Hall–Kier alpha value is -3.15. The van der Waals surface area contributed by atoms with Gasteiger partial charge in [-0.2, -0.15) is 4.98 Å². The second-order valence-electron chi connectivity index (χ2n) is 10.2. The number of anilines is 1. The van der Waals surface area contributed by atoms with Crippen molar-refractivity contribution < 1.29 is 38.3 Å². The van der Waals surface area contributed by atoms with Gasteiger partial charge in [-0.25, -0.2) is 4.79 Å². The Bertz CT molecular complexity index is 1830. The summed E-state index contributed by atoms with van der Waals surface area (Å²) in [4.78, 5) is 51.3. The minimum Gasteiger partial charge on any atom is -0.790 e. The van der Waals surface area contributed by atoms with Crippen molar-refractivity contribution in [3.63, 3.8) is 0 Å². The highest BCUT2D eigenvalue weighted by molar-refractivity contribution is 9.10. The van der Waals surface area contributed by atoms with Crippen molar-refractivity contribution in [3.8, 4) is 5.69 Å². The Labute approximate surface area is 261 Å². The molecule has 2 aliphatic rings. The van der Waals surface area contributed by atoms with Gasteiger partial charge in [-0.15, -0.1) is 10.2 Å². The lowest BCUT2D eigenvalue weighted by Gasteiger charge is -2.34. The molecule has 1 saturated carbocycles. The molecule has 0 amide bonds. The van der Waals surface area contributed by atoms with E-state index in [1.807, 2.05) is 24.3 Å². The zero-order valence-electron chi connectivity index (χ0n) is 22.6. The number of nitrogen functional groups attached to an aromatic ring is 1. The fourth-order valence-corrected chi connectivity index (χ4v) is 6.98. The Morgan fingerprint density at radius 1 is 1.18 bits per heavy atom. The molecule has 0 radical (unpaired) electrons. The number of hydrogen-bond donors (Lipinski definition) is 2. The highest BCUT2D eigenvalue weighted by Crippen LogP contribution is 2.44. The number of esters is 1. The Balaban J connectivity index is 1.15. The molecule has 1 unspecified atom stereocenters. The molecule has 1 aliphatic heterocycles. The maximum atomic E-state index is 12.8. The third-order valence-corrected chi connectivity index (χ3v) is 9.12. The van der Waals surface area contributed by atoms with E-state index in [2.05, 4.69) is 47.8 Å². The SMILES string of the molecule is Nc1ccn([C@@H]2O[C@H](COC(=O)CSc3nnc(Br)n3-c3ccc(C4CC4)c4ccccc34)C(OP(=O)([O-])[O-])[C@@H]2O)c(=O)n1. The van der Waals surface area contributed by atoms with Crippen LogP contribution < -0.4 is 21.2 Å². The zero-order chi connectivity index (χ0) is 31.2. The van der Waals surface area contributed by atoms with Crippen LogP contribution in [-0.2, 0) is 23.4 Å². The Kier molecular flexibility index (Phi) is 8.65. The largest absolute Gasteiger partial charge is 0.790 e. The first-order chi connectivity index (χ1) is 21.0. The maximum Gasteiger partial charge on any atom is 0.351 e. The molecule has 2 fully saturated rings. The first-order valence-electron chi connectivity index (χ1n) is 13.3. The summed E-state index contributed by atoms with van der Waals surface area (Å²) in [5.74, 6) is -0.514. The van der Waals surface area contributed by atoms with Gasteiger partial charge >= 0.3 is 11.7 Å². The lowest BCUT2D eigenvalue weighted by molar-refractivity contribution is -0.347. The molecule has 4 aromatic rings. The van der Waals surface area contributed by atoms with E-state index in [0.717, 1.165) is 45.6 Å². The molecule has 18 heteroatoms. The minimum atomic E-state index is -5.61. The fraction of sp³-hybridized carbons (Fsp3) is 0.346. The van der Waals surface area contributed by atoms with Gasteiger partial charge in [0.25, 0.3) is 0 Å². The number of aromatic nitrogens is 5. The number of fused-ring (bicyclic) bond motifs is 1. The van der Waals surface area contributed by atoms with Crippen molar-refractivity contribution in [1.29, 1.82) is 0 Å². The van der Waals surface area contributed by atoms with Gasteiger partial charge in [0.1, 0.15) is 30.7 Å². The zero-order valence-corrected chi connectivity index (χ0v) is 25.9. The first-order valence-corrected chi connectivity index (χ1v) is 16.5. The molecule has 2 aromatic heterocycles. The van der Waals surface area contributed by atoms with Crippen LogP contribution in [0.3, 0.4) is 0 Å². The fourth-order valence-electron chi connectivity index (χ4n) is 5.12. The minimum absolute atomic E-state index is 0.0931. The van der Waals surface area contributed by atoms with Gasteiger partial charge in [0.2, 0.25) is 4.73 Å². The van der Waals surface area contributed by atoms with Gasteiger partial charge in [0, 0.05) is 11.6 Å². The number of phosphoric ester groups is 1. The Morgan fingerprint density at radius 2 is 1.93 bits per heavy atom. The second kappa shape index (κ2) is 12.3. The average Bonchev–Trinajstić information content (AvgIpc) is 3.70. The number of nitrogens with zero attached hydrogens (tertiary/aromatic N) is 5. The van der Waals surface area contributed by atoms with Crippen molar-refractivity contribution in [2.75, 3.05) is 18.1 Å². The van der Waals surface area contributed by atoms with Gasteiger partial charge in [0.05, 0.1) is 19.3 Å². The lowest BCUT2D eigenvalue weighted by atomic mass is 9.99. The molecule has 44 heavy (non-hydrogen) atoms. The number of ether oxygens (including phenoxy) is 2.